The van der Waals surface area contributed by atoms with E-state index < -0.39 is 0 Å². The maximum absolute atomic E-state index is 12.6. The summed E-state index contributed by atoms with van der Waals surface area (Å²) < 4.78 is 0. The van der Waals surface area contributed by atoms with E-state index in [-0.39, 0.29) is 5.41 Å². The van der Waals surface area contributed by atoms with Crippen LogP contribution in [0, 0.1) is 57.7 Å². The van der Waals surface area contributed by atoms with Gasteiger partial charge in [0.15, 0.2) is 5.78 Å². The van der Waals surface area contributed by atoms with Crippen LogP contribution in [0.4, 0.5) is 0 Å². The molecule has 5 rings (SSSR count). The lowest BCUT2D eigenvalue weighted by Crippen LogP contribution is -2.44. The van der Waals surface area contributed by atoms with Crippen LogP contribution < -0.4 is 0 Å². The number of hydrogen-bond donors (Lipinski definition) is 0. The van der Waals surface area contributed by atoms with Crippen molar-refractivity contribution in [3.05, 3.63) is 12.2 Å². The standard InChI is InChI=1S/C28H44O/c1-18(2)7-6-8-19(3)21-9-10-22-20-17-28-16-13-25(29)24(28)12-15-27(28,5)23(20)11-14-26(21,22)4/h13,16,18-24H,6-12,14-15,17H2,1-5H3/t19-,20+,21-,22+,23+,24-,26-,27-,28-/m1/s1. The topological polar surface area (TPSA) is 17.1 Å². The molecule has 0 aromatic rings. The Morgan fingerprint density at radius 2 is 1.79 bits per heavy atom. The Bertz CT molecular complexity index is 705. The van der Waals surface area contributed by atoms with Crippen LogP contribution in [-0.2, 0) is 4.79 Å². The molecule has 5 aliphatic carbocycles. The van der Waals surface area contributed by atoms with Crippen LogP contribution in [0.25, 0.3) is 0 Å². The van der Waals surface area contributed by atoms with Crippen LogP contribution in [0.15, 0.2) is 12.2 Å². The van der Waals surface area contributed by atoms with E-state index in [0.29, 0.717) is 22.5 Å². The Labute approximate surface area is 179 Å². The fourth-order valence-electron chi connectivity index (χ4n) is 10.1. The third-order valence-corrected chi connectivity index (χ3v) is 11.6. The summed E-state index contributed by atoms with van der Waals surface area (Å²) in [7, 11) is 0. The molecule has 0 aromatic carbocycles. The quantitative estimate of drug-likeness (QED) is 0.471. The van der Waals surface area contributed by atoms with Crippen LogP contribution >= 0.6 is 0 Å². The lowest BCUT2D eigenvalue weighted by molar-refractivity contribution is -0.119. The molecule has 1 spiro atoms. The minimum Gasteiger partial charge on any atom is -0.295 e. The van der Waals surface area contributed by atoms with Crippen molar-refractivity contribution in [3.8, 4) is 0 Å². The monoisotopic (exact) mass is 396 g/mol. The van der Waals surface area contributed by atoms with Crippen LogP contribution in [0.3, 0.4) is 0 Å². The zero-order chi connectivity index (χ0) is 20.6. The summed E-state index contributed by atoms with van der Waals surface area (Å²) >= 11 is 0. The highest BCUT2D eigenvalue weighted by Gasteiger charge is 2.71. The molecule has 0 bridgehead atoms. The lowest BCUT2D eigenvalue weighted by Gasteiger charge is -2.51. The molecule has 4 saturated carbocycles. The smallest absolute Gasteiger partial charge is 0.159 e. The van der Waals surface area contributed by atoms with Crippen molar-refractivity contribution >= 4 is 5.78 Å². The fraction of sp³-hybridized carbons (Fsp3) is 0.893. The first kappa shape index (κ1) is 20.3. The van der Waals surface area contributed by atoms with Gasteiger partial charge in [0.05, 0.1) is 0 Å². The molecule has 9 atom stereocenters. The summed E-state index contributed by atoms with van der Waals surface area (Å²) in [5.41, 5.74) is 1.19. The van der Waals surface area contributed by atoms with Gasteiger partial charge >= 0.3 is 0 Å². The predicted octanol–water partition coefficient (Wildman–Crippen LogP) is 7.45. The average molecular weight is 397 g/mol. The zero-order valence-electron chi connectivity index (χ0n) is 19.7. The van der Waals surface area contributed by atoms with Crippen molar-refractivity contribution in [2.75, 3.05) is 0 Å². The van der Waals surface area contributed by atoms with Crippen molar-refractivity contribution in [1.29, 1.82) is 0 Å². The second-order valence-corrected chi connectivity index (χ2v) is 12.9. The number of hydrogen-bond acceptors (Lipinski definition) is 1. The summed E-state index contributed by atoms with van der Waals surface area (Å²) in [6.45, 7) is 12.6. The van der Waals surface area contributed by atoms with Gasteiger partial charge in [-0.3, -0.25) is 4.79 Å². The van der Waals surface area contributed by atoms with Crippen LogP contribution in [0.5, 0.6) is 0 Å². The van der Waals surface area contributed by atoms with Gasteiger partial charge in [-0.2, -0.15) is 0 Å². The van der Waals surface area contributed by atoms with Crippen molar-refractivity contribution in [1.82, 2.24) is 0 Å². The van der Waals surface area contributed by atoms with Gasteiger partial charge in [-0.15, -0.1) is 0 Å². The highest BCUT2D eigenvalue weighted by Crippen LogP contribution is 2.77. The van der Waals surface area contributed by atoms with Gasteiger partial charge in [-0.05, 0) is 97.4 Å². The van der Waals surface area contributed by atoms with Crippen LogP contribution in [0.2, 0.25) is 0 Å². The predicted molar refractivity (Wildman–Crippen MR) is 120 cm³/mol. The number of fused-ring (bicyclic) bond motifs is 4. The van der Waals surface area contributed by atoms with E-state index >= 15 is 0 Å². The minimum atomic E-state index is 0.228. The van der Waals surface area contributed by atoms with E-state index in [1.807, 2.05) is 6.08 Å². The summed E-state index contributed by atoms with van der Waals surface area (Å²) in [4.78, 5) is 12.6. The van der Waals surface area contributed by atoms with Gasteiger partial charge in [0.25, 0.3) is 0 Å². The minimum absolute atomic E-state index is 0.228. The molecule has 0 heterocycles. The number of rotatable bonds is 5. The summed E-state index contributed by atoms with van der Waals surface area (Å²) in [6.07, 6.45) is 18.2. The van der Waals surface area contributed by atoms with E-state index in [2.05, 4.69) is 40.7 Å². The first-order chi connectivity index (χ1) is 13.7. The van der Waals surface area contributed by atoms with Gasteiger partial charge in [-0.25, -0.2) is 0 Å². The van der Waals surface area contributed by atoms with Gasteiger partial charge in [0, 0.05) is 11.3 Å². The number of carbonyl (C=O) groups excluding carboxylic acids is 1. The summed E-state index contributed by atoms with van der Waals surface area (Å²) in [5, 5.41) is 0. The second-order valence-electron chi connectivity index (χ2n) is 12.9. The van der Waals surface area contributed by atoms with Crippen LogP contribution in [-0.4, -0.2) is 5.78 Å². The fourth-order valence-corrected chi connectivity index (χ4v) is 10.1. The molecular weight excluding hydrogens is 352 g/mol. The van der Waals surface area contributed by atoms with Crippen molar-refractivity contribution in [2.45, 2.75) is 98.8 Å². The molecule has 4 fully saturated rings. The summed E-state index contributed by atoms with van der Waals surface area (Å²) in [6, 6.07) is 0. The third kappa shape index (κ3) is 2.61. The number of carbonyl (C=O) groups is 1. The molecule has 1 heteroatoms. The van der Waals surface area contributed by atoms with Gasteiger partial charge in [0.1, 0.15) is 0 Å². The van der Waals surface area contributed by atoms with E-state index in [1.54, 1.807) is 0 Å². The maximum atomic E-state index is 12.6. The first-order valence-corrected chi connectivity index (χ1v) is 13.0. The SMILES string of the molecule is CC(C)CCC[C@@H](C)[C@H]1CC[C@H]2[C@@H]3C[C@]45C=CC(=O)[C@H]4CC[C@]5(C)[C@H]3CC[C@]12C. The highest BCUT2D eigenvalue weighted by atomic mass is 16.1. The normalized spacial score (nSPS) is 51.2. The molecule has 162 valence electrons. The zero-order valence-corrected chi connectivity index (χ0v) is 19.7. The number of ketones is 1. The molecule has 1 nitrogen and oxygen atoms in total. The molecule has 0 N–H and O–H groups in total. The van der Waals surface area contributed by atoms with E-state index in [0.717, 1.165) is 41.9 Å². The second kappa shape index (κ2) is 6.70. The van der Waals surface area contributed by atoms with Gasteiger partial charge < -0.3 is 0 Å². The molecular formula is C28H44O. The maximum Gasteiger partial charge on any atom is 0.159 e. The Hall–Kier alpha value is -0.590. The highest BCUT2D eigenvalue weighted by molar-refractivity contribution is 5.96. The number of allylic oxidation sites excluding steroid dienone is 2. The Kier molecular flexibility index (Phi) is 4.70. The molecule has 0 radical (unpaired) electrons. The van der Waals surface area contributed by atoms with E-state index in [1.165, 1.54) is 57.8 Å². The van der Waals surface area contributed by atoms with Crippen molar-refractivity contribution < 1.29 is 4.79 Å². The Morgan fingerprint density at radius 1 is 1.00 bits per heavy atom. The summed E-state index contributed by atoms with van der Waals surface area (Å²) in [5.74, 6) is 6.12. The molecule has 0 aromatic heterocycles. The molecule has 0 amide bonds. The Morgan fingerprint density at radius 3 is 2.55 bits per heavy atom. The first-order valence-electron chi connectivity index (χ1n) is 13.0. The molecule has 0 aliphatic heterocycles. The Balaban J connectivity index is 1.37. The largest absolute Gasteiger partial charge is 0.295 e. The van der Waals surface area contributed by atoms with Crippen molar-refractivity contribution in [2.24, 2.45) is 57.7 Å². The van der Waals surface area contributed by atoms with Gasteiger partial charge in [0.2, 0.25) is 0 Å². The van der Waals surface area contributed by atoms with E-state index in [4.69, 9.17) is 0 Å². The molecule has 5 aliphatic rings. The van der Waals surface area contributed by atoms with E-state index in [9.17, 15) is 4.79 Å². The van der Waals surface area contributed by atoms with Gasteiger partial charge in [-0.1, -0.05) is 60.0 Å². The molecule has 0 saturated heterocycles. The molecule has 29 heavy (non-hydrogen) atoms. The van der Waals surface area contributed by atoms with Crippen molar-refractivity contribution in [3.63, 3.8) is 0 Å². The lowest BCUT2D eigenvalue weighted by atomic mass is 9.54. The average Bonchev–Trinajstić information content (AvgIpc) is 3.31. The van der Waals surface area contributed by atoms with Crippen LogP contribution in [0.1, 0.15) is 98.8 Å². The third-order valence-electron chi connectivity index (χ3n) is 11.6. The molecule has 0 unspecified atom stereocenters.